The van der Waals surface area contributed by atoms with E-state index in [2.05, 4.69) is 11.0 Å². The molecule has 2 heterocycles. The minimum absolute atomic E-state index is 0.0880. The highest BCUT2D eigenvalue weighted by atomic mass is 19.1. The van der Waals surface area contributed by atoms with Crippen LogP contribution in [-0.2, 0) is 16.8 Å². The Hall–Kier alpha value is -2.60. The van der Waals surface area contributed by atoms with Crippen LogP contribution in [0.2, 0.25) is 0 Å². The Morgan fingerprint density at radius 2 is 2.16 bits per heavy atom. The molecule has 0 radical (unpaired) electrons. The van der Waals surface area contributed by atoms with Gasteiger partial charge in [0.25, 0.3) is 0 Å². The fourth-order valence-electron chi connectivity index (χ4n) is 5.11. The Morgan fingerprint density at radius 1 is 1.29 bits per heavy atom. The minimum atomic E-state index is -0.760. The summed E-state index contributed by atoms with van der Waals surface area (Å²) in [5.74, 6) is 1.01. The molecule has 0 amide bonds. The number of aliphatic carboxylic acids is 1. The van der Waals surface area contributed by atoms with Crippen molar-refractivity contribution in [3.8, 4) is 11.5 Å². The van der Waals surface area contributed by atoms with Crippen LogP contribution in [0.1, 0.15) is 54.7 Å². The summed E-state index contributed by atoms with van der Waals surface area (Å²) >= 11 is 0. The number of carbonyl (C=O) groups is 1. The molecule has 5 rings (SSSR count). The number of halogens is 1. The Kier molecular flexibility index (Phi) is 5.34. The molecule has 0 aromatic heterocycles. The quantitative estimate of drug-likeness (QED) is 0.709. The molecule has 3 aliphatic rings. The van der Waals surface area contributed by atoms with Crippen LogP contribution >= 0.6 is 0 Å². The van der Waals surface area contributed by atoms with Crippen LogP contribution in [0.25, 0.3) is 0 Å². The lowest BCUT2D eigenvalue weighted by Crippen LogP contribution is -2.47. The highest BCUT2D eigenvalue weighted by molar-refractivity contribution is 5.66. The number of benzene rings is 2. The predicted octanol–water partition coefficient (Wildman–Crippen LogP) is 4.48. The maximum atomic E-state index is 14.4. The zero-order chi connectivity index (χ0) is 21.4. The summed E-state index contributed by atoms with van der Waals surface area (Å²) in [6.07, 6.45) is 4.46. The van der Waals surface area contributed by atoms with Gasteiger partial charge in [-0.25, -0.2) is 4.39 Å². The van der Waals surface area contributed by atoms with E-state index in [1.807, 2.05) is 18.2 Å². The summed E-state index contributed by atoms with van der Waals surface area (Å²) in [5.41, 5.74) is 2.81. The van der Waals surface area contributed by atoms with Gasteiger partial charge in [-0.15, -0.1) is 0 Å². The van der Waals surface area contributed by atoms with E-state index >= 15 is 0 Å². The van der Waals surface area contributed by atoms with Crippen LogP contribution in [0.3, 0.4) is 0 Å². The number of ether oxygens (including phenoxy) is 2. The number of likely N-dealkylation sites (tertiary alicyclic amines) is 1. The number of nitrogens with zero attached hydrogens (tertiary/aromatic N) is 1. The average Bonchev–Trinajstić information content (AvgIpc) is 3.56. The standard InChI is InChI=1S/C25H28FNO4/c26-22-4-1-3-19(17-5-6-17)20(22)14-30-18-7-8-21-23(13-18)31-16-25(21)10-2-11-27(15-25)12-9-24(28)29/h1,3-4,7-8,13,17H,2,5-6,9-12,14-16H2,(H,28,29). The molecule has 1 N–H and O–H groups in total. The van der Waals surface area contributed by atoms with Crippen molar-refractivity contribution in [1.82, 2.24) is 4.90 Å². The summed E-state index contributed by atoms with van der Waals surface area (Å²) in [6, 6.07) is 11.2. The fraction of sp³-hybridized carbons (Fsp3) is 0.480. The highest BCUT2D eigenvalue weighted by Gasteiger charge is 2.44. The number of carboxylic acids is 1. The van der Waals surface area contributed by atoms with Crippen molar-refractivity contribution in [2.45, 2.75) is 50.0 Å². The summed E-state index contributed by atoms with van der Waals surface area (Å²) in [7, 11) is 0. The topological polar surface area (TPSA) is 59.0 Å². The molecule has 164 valence electrons. The maximum absolute atomic E-state index is 14.4. The lowest BCUT2D eigenvalue weighted by atomic mass is 9.75. The van der Waals surface area contributed by atoms with Crippen LogP contribution in [-0.4, -0.2) is 42.2 Å². The molecular weight excluding hydrogens is 397 g/mol. The first-order valence-corrected chi connectivity index (χ1v) is 11.2. The smallest absolute Gasteiger partial charge is 0.304 e. The van der Waals surface area contributed by atoms with Gasteiger partial charge in [-0.1, -0.05) is 18.2 Å². The molecule has 0 bridgehead atoms. The fourth-order valence-corrected chi connectivity index (χ4v) is 5.11. The van der Waals surface area contributed by atoms with Gasteiger partial charge in [-0.05, 0) is 55.8 Å². The lowest BCUT2D eigenvalue weighted by molar-refractivity contribution is -0.137. The SMILES string of the molecule is O=C(O)CCN1CCCC2(COc3cc(OCc4c(F)cccc4C4CC4)ccc32)C1. The van der Waals surface area contributed by atoms with E-state index in [1.54, 1.807) is 6.07 Å². The van der Waals surface area contributed by atoms with Gasteiger partial charge in [0.1, 0.15) is 23.9 Å². The van der Waals surface area contributed by atoms with Gasteiger partial charge in [-0.3, -0.25) is 4.79 Å². The Morgan fingerprint density at radius 3 is 2.97 bits per heavy atom. The number of piperidine rings is 1. The Bertz CT molecular complexity index is 989. The second-order valence-electron chi connectivity index (χ2n) is 9.12. The third-order valence-electron chi connectivity index (χ3n) is 6.88. The van der Waals surface area contributed by atoms with Crippen LogP contribution in [0, 0.1) is 5.82 Å². The van der Waals surface area contributed by atoms with E-state index in [-0.39, 0.29) is 24.3 Å². The van der Waals surface area contributed by atoms with Crippen LogP contribution in [0.5, 0.6) is 11.5 Å². The van der Waals surface area contributed by atoms with Gasteiger partial charge in [0, 0.05) is 35.7 Å². The first kappa shape index (κ1) is 20.3. The summed E-state index contributed by atoms with van der Waals surface area (Å²) in [5, 5.41) is 9.00. The van der Waals surface area contributed by atoms with Crippen molar-refractivity contribution in [2.75, 3.05) is 26.2 Å². The van der Waals surface area contributed by atoms with E-state index in [1.165, 1.54) is 11.6 Å². The van der Waals surface area contributed by atoms with Crippen molar-refractivity contribution in [3.63, 3.8) is 0 Å². The van der Waals surface area contributed by atoms with Gasteiger partial charge in [0.2, 0.25) is 0 Å². The van der Waals surface area contributed by atoms with Crippen molar-refractivity contribution in [3.05, 3.63) is 58.9 Å². The van der Waals surface area contributed by atoms with Gasteiger partial charge in [0.15, 0.2) is 0 Å². The van der Waals surface area contributed by atoms with Gasteiger partial charge < -0.3 is 19.5 Å². The molecule has 5 nitrogen and oxygen atoms in total. The van der Waals surface area contributed by atoms with Gasteiger partial charge in [-0.2, -0.15) is 0 Å². The van der Waals surface area contributed by atoms with Gasteiger partial charge in [0.05, 0.1) is 13.0 Å². The number of hydrogen-bond donors (Lipinski definition) is 1. The summed E-state index contributed by atoms with van der Waals surface area (Å²) in [4.78, 5) is 13.2. The van der Waals surface area contributed by atoms with Crippen LogP contribution in [0.15, 0.2) is 36.4 Å². The van der Waals surface area contributed by atoms with E-state index < -0.39 is 5.97 Å². The summed E-state index contributed by atoms with van der Waals surface area (Å²) in [6.45, 7) is 3.13. The third kappa shape index (κ3) is 4.13. The molecule has 1 atom stereocenters. The molecule has 1 spiro atoms. The van der Waals surface area contributed by atoms with Gasteiger partial charge >= 0.3 is 5.97 Å². The molecule has 6 heteroatoms. The maximum Gasteiger partial charge on any atom is 0.304 e. The normalized spacial score (nSPS) is 22.9. The van der Waals surface area contributed by atoms with E-state index in [9.17, 15) is 9.18 Å². The van der Waals surface area contributed by atoms with E-state index in [4.69, 9.17) is 14.6 Å². The van der Waals surface area contributed by atoms with Crippen molar-refractivity contribution in [2.24, 2.45) is 0 Å². The second-order valence-corrected chi connectivity index (χ2v) is 9.12. The van der Waals surface area contributed by atoms with Crippen molar-refractivity contribution in [1.29, 1.82) is 0 Å². The van der Waals surface area contributed by atoms with Crippen molar-refractivity contribution < 1.29 is 23.8 Å². The summed E-state index contributed by atoms with van der Waals surface area (Å²) < 4.78 is 26.4. The molecule has 31 heavy (non-hydrogen) atoms. The third-order valence-corrected chi connectivity index (χ3v) is 6.88. The molecule has 1 unspecified atom stereocenters. The van der Waals surface area contributed by atoms with E-state index in [0.29, 0.717) is 30.4 Å². The largest absolute Gasteiger partial charge is 0.492 e. The first-order chi connectivity index (χ1) is 15.0. The predicted molar refractivity (Wildman–Crippen MR) is 114 cm³/mol. The molecule has 1 saturated heterocycles. The monoisotopic (exact) mass is 425 g/mol. The molecule has 1 saturated carbocycles. The molecule has 2 aromatic rings. The number of fused-ring (bicyclic) bond motifs is 2. The van der Waals surface area contributed by atoms with E-state index in [0.717, 1.165) is 50.1 Å². The molecule has 2 fully saturated rings. The minimum Gasteiger partial charge on any atom is -0.492 e. The zero-order valence-corrected chi connectivity index (χ0v) is 17.6. The zero-order valence-electron chi connectivity index (χ0n) is 17.6. The molecule has 2 aliphatic heterocycles. The lowest BCUT2D eigenvalue weighted by Gasteiger charge is -2.39. The molecule has 2 aromatic carbocycles. The molecular formula is C25H28FNO4. The Labute approximate surface area is 181 Å². The van der Waals surface area contributed by atoms with Crippen molar-refractivity contribution >= 4 is 5.97 Å². The second kappa shape index (κ2) is 8.15. The first-order valence-electron chi connectivity index (χ1n) is 11.2. The number of rotatable bonds is 7. The molecule has 1 aliphatic carbocycles. The van der Waals surface area contributed by atoms with Crippen LogP contribution < -0.4 is 9.47 Å². The number of hydrogen-bond acceptors (Lipinski definition) is 4. The number of carboxylic acid groups (broad SMARTS) is 1. The average molecular weight is 426 g/mol. The highest BCUT2D eigenvalue weighted by Crippen LogP contribution is 2.46. The van der Waals surface area contributed by atoms with Crippen LogP contribution in [0.4, 0.5) is 4.39 Å². The Balaban J connectivity index is 1.29.